The van der Waals surface area contributed by atoms with Crippen LogP contribution in [0.15, 0.2) is 89.9 Å². The Kier molecular flexibility index (Phi) is 4.89. The van der Waals surface area contributed by atoms with Crippen molar-refractivity contribution in [3.05, 3.63) is 107 Å². The first kappa shape index (κ1) is 15.5. The summed E-state index contributed by atoms with van der Waals surface area (Å²) in [6.07, 6.45) is 0. The van der Waals surface area contributed by atoms with E-state index in [-0.39, 0.29) is 6.04 Å². The van der Waals surface area contributed by atoms with Gasteiger partial charge in [0.2, 0.25) is 0 Å². The molecule has 3 aromatic rings. The van der Waals surface area contributed by atoms with Gasteiger partial charge >= 0.3 is 0 Å². The Morgan fingerprint density at radius 2 is 1.22 bits per heavy atom. The van der Waals surface area contributed by atoms with Gasteiger partial charge in [-0.1, -0.05) is 84.4 Å². The third kappa shape index (κ3) is 3.88. The maximum absolute atomic E-state index is 5.97. The molecular formula is C21H18ClN. The molecule has 0 N–H and O–H groups in total. The van der Waals surface area contributed by atoms with Gasteiger partial charge in [-0.05, 0) is 35.7 Å². The monoisotopic (exact) mass is 319 g/mol. The fraction of sp³-hybridized carbons (Fsp3) is 0.0952. The standard InChI is InChI=1S/C21H18ClN/c1-16(17-12-14-20(22)15-13-17)23-21(18-8-4-2-5-9-18)19-10-6-3-7-11-19/h2-15,21H,1H3/b23-16+. The lowest BCUT2D eigenvalue weighted by Crippen LogP contribution is -2.03. The summed E-state index contributed by atoms with van der Waals surface area (Å²) >= 11 is 5.97. The molecule has 0 saturated carbocycles. The first-order valence-electron chi connectivity index (χ1n) is 7.64. The number of halogens is 1. The normalized spacial score (nSPS) is 11.7. The molecule has 23 heavy (non-hydrogen) atoms. The van der Waals surface area contributed by atoms with Crippen molar-refractivity contribution in [3.8, 4) is 0 Å². The van der Waals surface area contributed by atoms with Crippen LogP contribution in [0.2, 0.25) is 5.02 Å². The first-order chi connectivity index (χ1) is 11.2. The van der Waals surface area contributed by atoms with Crippen LogP contribution in [-0.2, 0) is 0 Å². The van der Waals surface area contributed by atoms with Crippen molar-refractivity contribution in [2.75, 3.05) is 0 Å². The topological polar surface area (TPSA) is 12.4 Å². The largest absolute Gasteiger partial charge is 0.277 e. The van der Waals surface area contributed by atoms with E-state index in [9.17, 15) is 0 Å². The molecule has 0 fully saturated rings. The minimum absolute atomic E-state index is 0.00641. The summed E-state index contributed by atoms with van der Waals surface area (Å²) in [5.74, 6) is 0. The molecule has 3 rings (SSSR count). The summed E-state index contributed by atoms with van der Waals surface area (Å²) in [5, 5.41) is 0.740. The Balaban J connectivity index is 2.02. The van der Waals surface area contributed by atoms with E-state index < -0.39 is 0 Å². The van der Waals surface area contributed by atoms with E-state index in [1.165, 1.54) is 11.1 Å². The average molecular weight is 320 g/mol. The molecule has 0 radical (unpaired) electrons. The Hall–Kier alpha value is -2.38. The predicted molar refractivity (Wildman–Crippen MR) is 98.4 cm³/mol. The third-order valence-corrected chi connectivity index (χ3v) is 4.07. The first-order valence-corrected chi connectivity index (χ1v) is 8.02. The number of hydrogen-bond acceptors (Lipinski definition) is 1. The van der Waals surface area contributed by atoms with Gasteiger partial charge in [-0.2, -0.15) is 0 Å². The van der Waals surface area contributed by atoms with Crippen LogP contribution in [0.3, 0.4) is 0 Å². The van der Waals surface area contributed by atoms with Gasteiger partial charge in [-0.15, -0.1) is 0 Å². The Morgan fingerprint density at radius 3 is 1.70 bits per heavy atom. The highest BCUT2D eigenvalue weighted by Crippen LogP contribution is 2.27. The molecule has 0 aliphatic rings. The molecule has 3 aromatic carbocycles. The van der Waals surface area contributed by atoms with Gasteiger partial charge in [0.25, 0.3) is 0 Å². The summed E-state index contributed by atoms with van der Waals surface area (Å²) in [6, 6.07) is 28.6. The van der Waals surface area contributed by atoms with Crippen molar-refractivity contribution >= 4 is 17.3 Å². The van der Waals surface area contributed by atoms with Crippen LogP contribution in [0, 0.1) is 0 Å². The lowest BCUT2D eigenvalue weighted by Gasteiger charge is -2.15. The lowest BCUT2D eigenvalue weighted by atomic mass is 9.99. The van der Waals surface area contributed by atoms with Gasteiger partial charge in [0.15, 0.2) is 0 Å². The van der Waals surface area contributed by atoms with Crippen LogP contribution >= 0.6 is 11.6 Å². The van der Waals surface area contributed by atoms with Crippen LogP contribution in [-0.4, -0.2) is 5.71 Å². The molecule has 0 aliphatic carbocycles. The number of hydrogen-bond donors (Lipinski definition) is 0. The summed E-state index contributed by atoms with van der Waals surface area (Å²) < 4.78 is 0. The van der Waals surface area contributed by atoms with Crippen molar-refractivity contribution in [3.63, 3.8) is 0 Å². The number of aliphatic imine (C=N–C) groups is 1. The molecule has 0 heterocycles. The van der Waals surface area contributed by atoms with Gasteiger partial charge in [0.1, 0.15) is 6.04 Å². The predicted octanol–water partition coefficient (Wildman–Crippen LogP) is 5.94. The van der Waals surface area contributed by atoms with Gasteiger partial charge in [-0.25, -0.2) is 0 Å². The van der Waals surface area contributed by atoms with E-state index in [1.54, 1.807) is 0 Å². The minimum Gasteiger partial charge on any atom is -0.277 e. The van der Waals surface area contributed by atoms with E-state index in [2.05, 4.69) is 48.5 Å². The highest BCUT2D eigenvalue weighted by molar-refractivity contribution is 6.30. The van der Waals surface area contributed by atoms with Crippen LogP contribution in [0.25, 0.3) is 0 Å². The van der Waals surface area contributed by atoms with Gasteiger partial charge < -0.3 is 0 Å². The highest BCUT2D eigenvalue weighted by atomic mass is 35.5. The Morgan fingerprint density at radius 1 is 0.739 bits per heavy atom. The molecule has 1 nitrogen and oxygen atoms in total. The van der Waals surface area contributed by atoms with Gasteiger partial charge in [0.05, 0.1) is 0 Å². The van der Waals surface area contributed by atoms with Crippen molar-refractivity contribution < 1.29 is 0 Å². The fourth-order valence-electron chi connectivity index (χ4n) is 2.57. The second-order valence-electron chi connectivity index (χ2n) is 5.45. The van der Waals surface area contributed by atoms with Crippen molar-refractivity contribution in [2.24, 2.45) is 4.99 Å². The van der Waals surface area contributed by atoms with E-state index in [4.69, 9.17) is 16.6 Å². The van der Waals surface area contributed by atoms with Crippen LogP contribution in [0.5, 0.6) is 0 Å². The second-order valence-corrected chi connectivity index (χ2v) is 5.88. The molecule has 0 spiro atoms. The Labute approximate surface area is 142 Å². The molecular weight excluding hydrogens is 302 g/mol. The highest BCUT2D eigenvalue weighted by Gasteiger charge is 2.13. The van der Waals surface area contributed by atoms with E-state index in [0.29, 0.717) is 0 Å². The summed E-state index contributed by atoms with van der Waals surface area (Å²) in [5.41, 5.74) is 4.46. The van der Waals surface area contributed by atoms with E-state index in [1.807, 2.05) is 43.3 Å². The average Bonchev–Trinajstić information content (AvgIpc) is 2.61. The molecule has 2 heteroatoms. The molecule has 0 bridgehead atoms. The molecule has 0 atom stereocenters. The molecule has 0 unspecified atom stereocenters. The molecule has 0 saturated heterocycles. The fourth-order valence-corrected chi connectivity index (χ4v) is 2.70. The molecule has 114 valence electrons. The molecule has 0 amide bonds. The second kappa shape index (κ2) is 7.26. The number of benzene rings is 3. The zero-order valence-corrected chi connectivity index (χ0v) is 13.7. The summed E-state index contributed by atoms with van der Waals surface area (Å²) in [7, 11) is 0. The zero-order chi connectivity index (χ0) is 16.1. The maximum atomic E-state index is 5.97. The van der Waals surface area contributed by atoms with Gasteiger partial charge in [-0.3, -0.25) is 4.99 Å². The van der Waals surface area contributed by atoms with Crippen molar-refractivity contribution in [2.45, 2.75) is 13.0 Å². The third-order valence-electron chi connectivity index (χ3n) is 3.82. The smallest absolute Gasteiger partial charge is 0.100 e. The summed E-state index contributed by atoms with van der Waals surface area (Å²) in [6.45, 7) is 2.04. The van der Waals surface area contributed by atoms with Crippen molar-refractivity contribution in [1.82, 2.24) is 0 Å². The van der Waals surface area contributed by atoms with Crippen LogP contribution in [0.1, 0.15) is 29.7 Å². The van der Waals surface area contributed by atoms with Crippen LogP contribution < -0.4 is 0 Å². The van der Waals surface area contributed by atoms with Crippen LogP contribution in [0.4, 0.5) is 0 Å². The van der Waals surface area contributed by atoms with E-state index >= 15 is 0 Å². The molecule has 0 aliphatic heterocycles. The lowest BCUT2D eigenvalue weighted by molar-refractivity contribution is 0.872. The number of rotatable bonds is 4. The van der Waals surface area contributed by atoms with E-state index in [0.717, 1.165) is 16.3 Å². The van der Waals surface area contributed by atoms with Crippen molar-refractivity contribution in [1.29, 1.82) is 0 Å². The SMILES string of the molecule is C/C(=N\C(c1ccccc1)c1ccccc1)c1ccc(Cl)cc1. The Bertz CT molecular complexity index is 738. The van der Waals surface area contributed by atoms with Gasteiger partial charge in [0, 0.05) is 10.7 Å². The summed E-state index contributed by atoms with van der Waals surface area (Å²) in [4.78, 5) is 4.99. The quantitative estimate of drug-likeness (QED) is 0.528. The molecule has 0 aromatic heterocycles. The zero-order valence-electron chi connectivity index (χ0n) is 13.0. The number of nitrogens with zero attached hydrogens (tertiary/aromatic N) is 1. The minimum atomic E-state index is -0.00641. The maximum Gasteiger partial charge on any atom is 0.100 e.